The molecule has 0 unspecified atom stereocenters. The van der Waals surface area contributed by atoms with Gasteiger partial charge in [-0.05, 0) is 42.7 Å². The number of guanidine groups is 1. The van der Waals surface area contributed by atoms with Gasteiger partial charge < -0.3 is 10.6 Å². The molecule has 5 nitrogen and oxygen atoms in total. The van der Waals surface area contributed by atoms with E-state index in [0.29, 0.717) is 30.2 Å². The number of nitrogens with zero attached hydrogens (tertiary/aromatic N) is 1. The molecule has 8 heteroatoms. The van der Waals surface area contributed by atoms with Gasteiger partial charge in [0, 0.05) is 24.8 Å². The van der Waals surface area contributed by atoms with Crippen LogP contribution in [0, 0.1) is 12.7 Å². The smallest absolute Gasteiger partial charge is 0.191 e. The molecule has 0 saturated carbocycles. The summed E-state index contributed by atoms with van der Waals surface area (Å²) >= 11 is 0. The van der Waals surface area contributed by atoms with E-state index in [-0.39, 0.29) is 41.7 Å². The van der Waals surface area contributed by atoms with E-state index < -0.39 is 15.7 Å². The Morgan fingerprint density at radius 3 is 2.42 bits per heavy atom. The van der Waals surface area contributed by atoms with Gasteiger partial charge >= 0.3 is 0 Å². The van der Waals surface area contributed by atoms with E-state index in [0.717, 1.165) is 0 Å². The predicted octanol–water partition coefficient (Wildman–Crippen LogP) is 4.33. The first-order valence-corrected chi connectivity index (χ1v) is 12.1. The summed E-state index contributed by atoms with van der Waals surface area (Å²) < 4.78 is 37.1. The van der Waals surface area contributed by atoms with Crippen molar-refractivity contribution in [2.45, 2.75) is 45.4 Å². The fourth-order valence-corrected chi connectivity index (χ4v) is 3.99. The van der Waals surface area contributed by atoms with Crippen molar-refractivity contribution in [3.05, 3.63) is 70.5 Å². The van der Waals surface area contributed by atoms with Gasteiger partial charge in [0.05, 0.1) is 12.3 Å². The standard InChI is InChI=1S/C23H32FN3O2S.HI/c1-6-25-22(27-16-23(3,4)20-9-7-8-17(2)12-20)26-14-19-13-21(24)11-10-18(19)15-30(5,28)29;/h7-13H,6,14-16H2,1-5H3,(H2,25,26,27);1H. The molecule has 0 aliphatic heterocycles. The molecule has 172 valence electrons. The quantitative estimate of drug-likeness (QED) is 0.286. The van der Waals surface area contributed by atoms with Crippen LogP contribution in [0.2, 0.25) is 0 Å². The zero-order valence-corrected chi connectivity index (χ0v) is 22.0. The number of aryl methyl sites for hydroxylation is 1. The lowest BCUT2D eigenvalue weighted by Crippen LogP contribution is -2.43. The molecule has 2 rings (SSSR count). The molecule has 0 aliphatic carbocycles. The fraction of sp³-hybridized carbons (Fsp3) is 0.435. The third-order valence-electron chi connectivity index (χ3n) is 4.84. The van der Waals surface area contributed by atoms with Crippen LogP contribution in [0.5, 0.6) is 0 Å². The monoisotopic (exact) mass is 561 g/mol. The first-order valence-electron chi connectivity index (χ1n) is 10.0. The lowest BCUT2D eigenvalue weighted by molar-refractivity contribution is 0.508. The van der Waals surface area contributed by atoms with Crippen LogP contribution < -0.4 is 10.6 Å². The second kappa shape index (κ2) is 11.8. The van der Waals surface area contributed by atoms with Crippen molar-refractivity contribution in [2.75, 3.05) is 19.3 Å². The molecule has 0 aromatic heterocycles. The molecule has 0 amide bonds. The molecule has 0 fully saturated rings. The number of benzene rings is 2. The first kappa shape index (κ1) is 27.4. The molecule has 0 spiro atoms. The maximum atomic E-state index is 13.7. The number of rotatable bonds is 8. The molecule has 0 saturated heterocycles. The van der Waals surface area contributed by atoms with E-state index in [1.54, 1.807) is 0 Å². The molecular weight excluding hydrogens is 528 g/mol. The first-order chi connectivity index (χ1) is 14.0. The Balaban J connectivity index is 0.00000480. The van der Waals surface area contributed by atoms with Crippen LogP contribution in [0.1, 0.15) is 43.0 Å². The zero-order chi connectivity index (χ0) is 22.4. The molecule has 31 heavy (non-hydrogen) atoms. The molecule has 0 bridgehead atoms. The van der Waals surface area contributed by atoms with E-state index in [1.807, 2.05) is 6.92 Å². The van der Waals surface area contributed by atoms with Gasteiger partial charge in [0.2, 0.25) is 0 Å². The van der Waals surface area contributed by atoms with Gasteiger partial charge in [-0.2, -0.15) is 0 Å². The topological polar surface area (TPSA) is 70.6 Å². The van der Waals surface area contributed by atoms with Crippen molar-refractivity contribution in [3.63, 3.8) is 0 Å². The third-order valence-corrected chi connectivity index (χ3v) is 5.67. The van der Waals surface area contributed by atoms with E-state index in [4.69, 9.17) is 0 Å². The summed E-state index contributed by atoms with van der Waals surface area (Å²) in [5, 5.41) is 6.56. The van der Waals surface area contributed by atoms with Crippen molar-refractivity contribution >= 4 is 39.8 Å². The maximum Gasteiger partial charge on any atom is 0.191 e. The minimum atomic E-state index is -3.23. The van der Waals surface area contributed by atoms with Gasteiger partial charge in [0.15, 0.2) is 15.8 Å². The highest BCUT2D eigenvalue weighted by Gasteiger charge is 2.21. The number of nitrogens with one attached hydrogen (secondary N) is 2. The summed E-state index contributed by atoms with van der Waals surface area (Å²) in [6, 6.07) is 12.6. The van der Waals surface area contributed by atoms with Gasteiger partial charge in [-0.1, -0.05) is 49.7 Å². The van der Waals surface area contributed by atoms with Crippen LogP contribution in [0.25, 0.3) is 0 Å². The Morgan fingerprint density at radius 1 is 1.10 bits per heavy atom. The highest BCUT2D eigenvalue weighted by atomic mass is 127. The molecular formula is C23H33FIN3O2S. The molecule has 0 heterocycles. The van der Waals surface area contributed by atoms with Crippen LogP contribution in [0.15, 0.2) is 47.5 Å². The summed E-state index contributed by atoms with van der Waals surface area (Å²) in [5.74, 6) is 0.0615. The van der Waals surface area contributed by atoms with E-state index in [1.165, 1.54) is 35.6 Å². The van der Waals surface area contributed by atoms with Crippen molar-refractivity contribution in [1.29, 1.82) is 0 Å². The Morgan fingerprint density at radius 2 is 1.81 bits per heavy atom. The van der Waals surface area contributed by atoms with Crippen molar-refractivity contribution in [3.8, 4) is 0 Å². The van der Waals surface area contributed by atoms with Gasteiger partial charge in [-0.15, -0.1) is 24.0 Å². The largest absolute Gasteiger partial charge is 0.357 e. The summed E-state index contributed by atoms with van der Waals surface area (Å²) in [6.45, 7) is 9.89. The minimum Gasteiger partial charge on any atom is -0.357 e. The van der Waals surface area contributed by atoms with Crippen molar-refractivity contribution in [1.82, 2.24) is 10.6 Å². The van der Waals surface area contributed by atoms with Crippen LogP contribution in [-0.4, -0.2) is 33.7 Å². The summed E-state index contributed by atoms with van der Waals surface area (Å²) in [5.41, 5.74) is 3.45. The molecule has 0 aliphatic rings. The molecule has 2 aromatic rings. The highest BCUT2D eigenvalue weighted by Crippen LogP contribution is 2.23. The van der Waals surface area contributed by atoms with Crippen LogP contribution in [0.4, 0.5) is 4.39 Å². The average Bonchev–Trinajstić information content (AvgIpc) is 2.65. The number of halogens is 2. The Kier molecular flexibility index (Phi) is 10.4. The Labute approximate surface area is 202 Å². The van der Waals surface area contributed by atoms with Gasteiger partial charge in [-0.25, -0.2) is 17.8 Å². The van der Waals surface area contributed by atoms with Crippen molar-refractivity contribution in [2.24, 2.45) is 4.99 Å². The molecule has 0 atom stereocenters. The van der Waals surface area contributed by atoms with E-state index in [9.17, 15) is 12.8 Å². The van der Waals surface area contributed by atoms with Crippen LogP contribution in [-0.2, 0) is 27.5 Å². The van der Waals surface area contributed by atoms with Gasteiger partial charge in [0.1, 0.15) is 5.82 Å². The number of hydrogen-bond acceptors (Lipinski definition) is 3. The lowest BCUT2D eigenvalue weighted by atomic mass is 9.84. The minimum absolute atomic E-state index is 0. The van der Waals surface area contributed by atoms with Crippen molar-refractivity contribution < 1.29 is 12.8 Å². The third kappa shape index (κ3) is 9.14. The number of sulfone groups is 1. The number of aliphatic imine (C=N–C) groups is 1. The summed E-state index contributed by atoms with van der Waals surface area (Å²) in [7, 11) is -3.23. The summed E-state index contributed by atoms with van der Waals surface area (Å²) in [6.07, 6.45) is 1.17. The Hall–Kier alpha value is -1.68. The zero-order valence-electron chi connectivity index (χ0n) is 18.8. The Bertz CT molecular complexity index is 1010. The molecule has 0 radical (unpaired) electrons. The predicted molar refractivity (Wildman–Crippen MR) is 137 cm³/mol. The lowest BCUT2D eigenvalue weighted by Gasteiger charge is -2.27. The normalized spacial score (nSPS) is 12.3. The average molecular weight is 562 g/mol. The second-order valence-corrected chi connectivity index (χ2v) is 10.4. The van der Waals surface area contributed by atoms with E-state index in [2.05, 4.69) is 60.7 Å². The molecule has 2 N–H and O–H groups in total. The second-order valence-electron chi connectivity index (χ2n) is 8.29. The van der Waals surface area contributed by atoms with Crippen LogP contribution in [0.3, 0.4) is 0 Å². The summed E-state index contributed by atoms with van der Waals surface area (Å²) in [4.78, 5) is 4.56. The fourth-order valence-electron chi connectivity index (χ4n) is 3.14. The van der Waals surface area contributed by atoms with Gasteiger partial charge in [-0.3, -0.25) is 0 Å². The number of hydrogen-bond donors (Lipinski definition) is 2. The molecule has 2 aromatic carbocycles. The van der Waals surface area contributed by atoms with Gasteiger partial charge in [0.25, 0.3) is 0 Å². The SMILES string of the molecule is CCNC(=NCc1cc(F)ccc1CS(C)(=O)=O)NCC(C)(C)c1cccc(C)c1.I. The van der Waals surface area contributed by atoms with Crippen LogP contribution >= 0.6 is 24.0 Å². The maximum absolute atomic E-state index is 13.7. The van der Waals surface area contributed by atoms with E-state index >= 15 is 0 Å². The highest BCUT2D eigenvalue weighted by molar-refractivity contribution is 14.0.